The van der Waals surface area contributed by atoms with Gasteiger partial charge in [0.2, 0.25) is 0 Å². The van der Waals surface area contributed by atoms with Crippen LogP contribution in [0.1, 0.15) is 33.0 Å². The van der Waals surface area contributed by atoms with Gasteiger partial charge in [-0.15, -0.1) is 0 Å². The van der Waals surface area contributed by atoms with E-state index >= 15 is 0 Å². The summed E-state index contributed by atoms with van der Waals surface area (Å²) in [5.74, 6) is -0.809. The highest BCUT2D eigenvalue weighted by molar-refractivity contribution is 6.13. The summed E-state index contributed by atoms with van der Waals surface area (Å²) < 4.78 is 42.1. The Kier molecular flexibility index (Phi) is 4.20. The van der Waals surface area contributed by atoms with E-state index in [4.69, 9.17) is 11.8 Å². The molecule has 0 aromatic heterocycles. The zero-order chi connectivity index (χ0) is 18.5. The number of carbonyl (C=O) groups excluding carboxylic acids is 1. The van der Waals surface area contributed by atoms with E-state index in [2.05, 4.69) is 0 Å². The lowest BCUT2D eigenvalue weighted by Crippen LogP contribution is -2.48. The monoisotopic (exact) mass is 380 g/mol. The molecule has 26 heavy (non-hydrogen) atoms. The van der Waals surface area contributed by atoms with Crippen molar-refractivity contribution in [1.29, 1.82) is 0 Å². The minimum Gasteiger partial charge on any atom is -0.329 e. The summed E-state index contributed by atoms with van der Waals surface area (Å²) in [6.07, 6.45) is -4.58. The van der Waals surface area contributed by atoms with Gasteiger partial charge in [0.25, 0.3) is 5.91 Å². The summed E-state index contributed by atoms with van der Waals surface area (Å²) in [5.41, 5.74) is 0.219. The molecule has 2 aromatic rings. The normalized spacial score (nSPS) is 23.1. The summed E-state index contributed by atoms with van der Waals surface area (Å²) in [6, 6.07) is 13.0. The van der Waals surface area contributed by atoms with Crippen LogP contribution in [-0.4, -0.2) is 34.4 Å². The first-order chi connectivity index (χ1) is 12.4. The molecule has 0 bridgehead atoms. The molecule has 7 heteroatoms. The molecule has 2 aliphatic rings. The molecule has 4 rings (SSSR count). The highest BCUT2D eigenvalue weighted by atomic mass is 35.5. The van der Waals surface area contributed by atoms with Gasteiger partial charge in [-0.3, -0.25) is 4.79 Å². The van der Waals surface area contributed by atoms with Crippen molar-refractivity contribution in [3.05, 3.63) is 70.8 Å². The molecular weight excluding hydrogens is 365 g/mol. The van der Waals surface area contributed by atoms with Gasteiger partial charge in [0, 0.05) is 25.6 Å². The number of fused-ring (bicyclic) bond motifs is 3. The predicted molar refractivity (Wildman–Crippen MR) is 91.7 cm³/mol. The molecule has 2 atom stereocenters. The van der Waals surface area contributed by atoms with Gasteiger partial charge in [-0.2, -0.15) is 13.2 Å². The summed E-state index contributed by atoms with van der Waals surface area (Å²) >= 11 is 6.17. The Morgan fingerprint density at radius 3 is 2.46 bits per heavy atom. The smallest absolute Gasteiger partial charge is 0.329 e. The van der Waals surface area contributed by atoms with Crippen LogP contribution in [0.3, 0.4) is 0 Å². The second kappa shape index (κ2) is 6.28. The third-order valence-electron chi connectivity index (χ3n) is 5.12. The van der Waals surface area contributed by atoms with Crippen LogP contribution in [0.4, 0.5) is 13.2 Å². The van der Waals surface area contributed by atoms with Crippen LogP contribution in [0.5, 0.6) is 0 Å². The summed E-state index contributed by atoms with van der Waals surface area (Å²) in [4.78, 5) is 14.6. The Bertz CT molecular complexity index is 840. The van der Waals surface area contributed by atoms with Crippen molar-refractivity contribution in [2.24, 2.45) is 0 Å². The molecule has 0 saturated carbocycles. The van der Waals surface area contributed by atoms with E-state index in [1.54, 1.807) is 15.4 Å². The van der Waals surface area contributed by atoms with E-state index in [0.29, 0.717) is 18.7 Å². The van der Waals surface area contributed by atoms with Crippen LogP contribution in [0.2, 0.25) is 0 Å². The quantitative estimate of drug-likeness (QED) is 0.726. The van der Waals surface area contributed by atoms with E-state index in [-0.39, 0.29) is 24.1 Å². The minimum atomic E-state index is -4.58. The minimum absolute atomic E-state index is 0.230. The molecule has 2 heterocycles. The van der Waals surface area contributed by atoms with Crippen LogP contribution in [0.15, 0.2) is 48.5 Å². The van der Waals surface area contributed by atoms with Crippen molar-refractivity contribution in [2.75, 3.05) is 13.1 Å². The van der Waals surface area contributed by atoms with Crippen molar-refractivity contribution in [2.45, 2.75) is 24.7 Å². The van der Waals surface area contributed by atoms with Gasteiger partial charge in [-0.05, 0) is 29.0 Å². The topological polar surface area (TPSA) is 23.6 Å². The molecule has 1 amide bonds. The molecule has 0 aliphatic carbocycles. The molecule has 0 radical (unpaired) electrons. The Balaban J connectivity index is 1.82. The van der Waals surface area contributed by atoms with Crippen LogP contribution >= 0.6 is 11.8 Å². The number of hydrogen-bond donors (Lipinski definition) is 0. The van der Waals surface area contributed by atoms with Crippen LogP contribution in [0.25, 0.3) is 0 Å². The fourth-order valence-electron chi connectivity index (χ4n) is 3.98. The van der Waals surface area contributed by atoms with Gasteiger partial charge in [0.15, 0.2) is 0 Å². The van der Waals surface area contributed by atoms with E-state index in [1.165, 1.54) is 6.07 Å². The Labute approximate surface area is 154 Å². The fourth-order valence-corrected chi connectivity index (χ4v) is 4.27. The molecule has 1 fully saturated rings. The van der Waals surface area contributed by atoms with Crippen molar-refractivity contribution in [3.8, 4) is 0 Å². The van der Waals surface area contributed by atoms with E-state index < -0.39 is 17.6 Å². The maximum absolute atomic E-state index is 13.5. The van der Waals surface area contributed by atoms with E-state index in [1.807, 2.05) is 30.3 Å². The molecule has 0 unspecified atom stereocenters. The zero-order valence-electron chi connectivity index (χ0n) is 13.7. The third kappa shape index (κ3) is 2.87. The fraction of sp³-hybridized carbons (Fsp3) is 0.316. The molecule has 0 spiro atoms. The number of alkyl halides is 3. The van der Waals surface area contributed by atoms with E-state index in [9.17, 15) is 18.0 Å². The molecule has 3 nitrogen and oxygen atoms in total. The molecular formula is C19H16ClF3N2O. The number of nitrogens with zero attached hydrogens (tertiary/aromatic N) is 2. The van der Waals surface area contributed by atoms with Crippen molar-refractivity contribution in [1.82, 2.24) is 9.32 Å². The number of benzene rings is 2. The SMILES string of the molecule is O=C1c2c(cccc2C(F)(F)F)[C@H]2CN(Cl)C[C@@H]2N1Cc1ccccc1. The molecule has 2 aromatic carbocycles. The van der Waals surface area contributed by atoms with Gasteiger partial charge >= 0.3 is 6.18 Å². The second-order valence-electron chi connectivity index (χ2n) is 6.69. The van der Waals surface area contributed by atoms with E-state index in [0.717, 1.165) is 11.6 Å². The molecule has 1 saturated heterocycles. The largest absolute Gasteiger partial charge is 0.417 e. The Hall–Kier alpha value is -2.05. The van der Waals surface area contributed by atoms with Gasteiger partial charge in [-0.1, -0.05) is 42.5 Å². The van der Waals surface area contributed by atoms with Gasteiger partial charge < -0.3 is 4.90 Å². The number of amides is 1. The van der Waals surface area contributed by atoms with Crippen LogP contribution in [-0.2, 0) is 12.7 Å². The molecule has 136 valence electrons. The van der Waals surface area contributed by atoms with Crippen molar-refractivity contribution in [3.63, 3.8) is 0 Å². The average Bonchev–Trinajstić information content (AvgIpc) is 3.00. The zero-order valence-corrected chi connectivity index (χ0v) is 14.5. The predicted octanol–water partition coefficient (Wildman–Crippen LogP) is 4.28. The molecule has 2 aliphatic heterocycles. The van der Waals surface area contributed by atoms with Crippen LogP contribution in [0, 0.1) is 0 Å². The highest BCUT2D eigenvalue weighted by Gasteiger charge is 2.48. The number of rotatable bonds is 2. The van der Waals surface area contributed by atoms with Gasteiger partial charge in [0.05, 0.1) is 17.2 Å². The average molecular weight is 381 g/mol. The van der Waals surface area contributed by atoms with Gasteiger partial charge in [0.1, 0.15) is 0 Å². The van der Waals surface area contributed by atoms with Crippen molar-refractivity contribution >= 4 is 17.7 Å². The lowest BCUT2D eigenvalue weighted by atomic mass is 9.82. The Morgan fingerprint density at radius 2 is 1.77 bits per heavy atom. The summed E-state index contributed by atoms with van der Waals surface area (Å²) in [6.45, 7) is 1.11. The van der Waals surface area contributed by atoms with Crippen LogP contribution < -0.4 is 0 Å². The number of halogens is 4. The lowest BCUT2D eigenvalue weighted by molar-refractivity contribution is -0.138. The summed E-state index contributed by atoms with van der Waals surface area (Å²) in [5, 5.41) is 0. The number of carbonyl (C=O) groups is 1. The number of hydrogen-bond acceptors (Lipinski definition) is 2. The lowest BCUT2D eigenvalue weighted by Gasteiger charge is -2.39. The van der Waals surface area contributed by atoms with Crippen molar-refractivity contribution < 1.29 is 18.0 Å². The first-order valence-corrected chi connectivity index (χ1v) is 8.66. The third-order valence-corrected chi connectivity index (χ3v) is 5.39. The first kappa shape index (κ1) is 17.4. The highest BCUT2D eigenvalue weighted by Crippen LogP contribution is 2.44. The first-order valence-electron chi connectivity index (χ1n) is 8.32. The van der Waals surface area contributed by atoms with Gasteiger partial charge in [-0.25, -0.2) is 4.42 Å². The Morgan fingerprint density at radius 1 is 1.04 bits per heavy atom. The summed E-state index contributed by atoms with van der Waals surface area (Å²) in [7, 11) is 0. The maximum atomic E-state index is 13.5. The standard InChI is InChI=1S/C19H16ClF3N2O/c20-24-10-14-13-7-4-8-15(19(21,22)23)17(13)18(26)25(16(14)11-24)9-12-5-2-1-3-6-12/h1-8,14,16H,9-11H2/t14-,16+/m1/s1. The molecule has 0 N–H and O–H groups in total. The maximum Gasteiger partial charge on any atom is 0.417 e. The second-order valence-corrected chi connectivity index (χ2v) is 7.17.